The van der Waals surface area contributed by atoms with Crippen LogP contribution in [0.4, 0.5) is 0 Å². The van der Waals surface area contributed by atoms with Gasteiger partial charge in [-0.15, -0.1) is 0 Å². The Morgan fingerprint density at radius 3 is 2.67 bits per heavy atom. The molecule has 0 spiro atoms. The zero-order valence-corrected chi connectivity index (χ0v) is 11.7. The molecule has 2 N–H and O–H groups in total. The topological polar surface area (TPSA) is 48.1 Å². The highest BCUT2D eigenvalue weighted by molar-refractivity contribution is 9.10. The molecule has 3 nitrogen and oxygen atoms in total. The number of nitrogens with two attached hydrogens (primary N) is 1. The van der Waals surface area contributed by atoms with Crippen molar-refractivity contribution in [3.05, 3.63) is 58.2 Å². The van der Waals surface area contributed by atoms with E-state index in [1.807, 2.05) is 43.3 Å². The van der Waals surface area contributed by atoms with Crippen LogP contribution in [-0.2, 0) is 6.61 Å². The first kappa shape index (κ1) is 13.1. The minimum Gasteiger partial charge on any atom is -0.473 e. The van der Waals surface area contributed by atoms with Gasteiger partial charge in [0.25, 0.3) is 0 Å². The van der Waals surface area contributed by atoms with Gasteiger partial charge in [-0.3, -0.25) is 0 Å². The van der Waals surface area contributed by atoms with Crippen molar-refractivity contribution in [1.82, 2.24) is 4.98 Å². The second-order valence-electron chi connectivity index (χ2n) is 4.13. The maximum atomic E-state index is 5.82. The Hall–Kier alpha value is -1.39. The van der Waals surface area contributed by atoms with Gasteiger partial charge in [-0.2, -0.15) is 0 Å². The monoisotopic (exact) mass is 306 g/mol. The fourth-order valence-electron chi connectivity index (χ4n) is 1.52. The highest BCUT2D eigenvalue weighted by Crippen LogP contribution is 2.16. The van der Waals surface area contributed by atoms with Gasteiger partial charge in [0.15, 0.2) is 0 Å². The van der Waals surface area contributed by atoms with E-state index < -0.39 is 0 Å². The van der Waals surface area contributed by atoms with E-state index >= 15 is 0 Å². The molecule has 0 radical (unpaired) electrons. The van der Waals surface area contributed by atoms with Crippen molar-refractivity contribution in [2.24, 2.45) is 5.73 Å². The molecule has 94 valence electrons. The van der Waals surface area contributed by atoms with Crippen molar-refractivity contribution in [3.63, 3.8) is 0 Å². The molecule has 1 atom stereocenters. The molecule has 0 unspecified atom stereocenters. The van der Waals surface area contributed by atoms with E-state index in [2.05, 4.69) is 20.9 Å². The van der Waals surface area contributed by atoms with E-state index in [0.717, 1.165) is 15.6 Å². The fraction of sp³-hybridized carbons (Fsp3) is 0.214. The molecule has 0 saturated carbocycles. The van der Waals surface area contributed by atoms with Crippen LogP contribution in [0.5, 0.6) is 5.88 Å². The number of rotatable bonds is 4. The van der Waals surface area contributed by atoms with Gasteiger partial charge in [0.1, 0.15) is 6.61 Å². The zero-order chi connectivity index (χ0) is 13.0. The summed E-state index contributed by atoms with van der Waals surface area (Å²) < 4.78 is 6.70. The van der Waals surface area contributed by atoms with Crippen LogP contribution in [0.3, 0.4) is 0 Å². The van der Waals surface area contributed by atoms with E-state index in [1.54, 1.807) is 6.20 Å². The first-order chi connectivity index (χ1) is 8.65. The summed E-state index contributed by atoms with van der Waals surface area (Å²) in [6.45, 7) is 2.44. The summed E-state index contributed by atoms with van der Waals surface area (Å²) in [6.07, 6.45) is 1.72. The van der Waals surface area contributed by atoms with Crippen LogP contribution >= 0.6 is 15.9 Å². The minimum absolute atomic E-state index is 0.0111. The number of hydrogen-bond acceptors (Lipinski definition) is 3. The van der Waals surface area contributed by atoms with Crippen molar-refractivity contribution in [2.45, 2.75) is 19.6 Å². The van der Waals surface area contributed by atoms with Crippen LogP contribution in [0, 0.1) is 0 Å². The predicted octanol–water partition coefficient (Wildman–Crippen LogP) is 3.44. The molecule has 0 bridgehead atoms. The Bertz CT molecular complexity index is 511. The van der Waals surface area contributed by atoms with Crippen LogP contribution < -0.4 is 10.5 Å². The molecular formula is C14H15BrN2O. The molecule has 0 aliphatic carbocycles. The van der Waals surface area contributed by atoms with E-state index in [-0.39, 0.29) is 6.04 Å². The fourth-order valence-corrected chi connectivity index (χ4v) is 1.79. The molecular weight excluding hydrogens is 292 g/mol. The number of benzene rings is 1. The van der Waals surface area contributed by atoms with Crippen molar-refractivity contribution < 1.29 is 4.74 Å². The molecule has 0 aliphatic rings. The normalized spacial score (nSPS) is 12.2. The molecule has 1 aromatic carbocycles. The van der Waals surface area contributed by atoms with E-state index in [4.69, 9.17) is 10.5 Å². The van der Waals surface area contributed by atoms with Crippen molar-refractivity contribution in [1.29, 1.82) is 0 Å². The second-order valence-corrected chi connectivity index (χ2v) is 5.05. The summed E-state index contributed by atoms with van der Waals surface area (Å²) in [5, 5.41) is 0. The first-order valence-corrected chi connectivity index (χ1v) is 6.53. The maximum absolute atomic E-state index is 5.82. The Morgan fingerprint density at radius 2 is 2.00 bits per heavy atom. The second kappa shape index (κ2) is 5.98. The van der Waals surface area contributed by atoms with Gasteiger partial charge in [0, 0.05) is 22.8 Å². The summed E-state index contributed by atoms with van der Waals surface area (Å²) >= 11 is 3.40. The number of halogens is 1. The van der Waals surface area contributed by atoms with Crippen LogP contribution in [-0.4, -0.2) is 4.98 Å². The number of ether oxygens (including phenoxy) is 1. The number of nitrogens with zero attached hydrogens (tertiary/aromatic N) is 1. The Morgan fingerprint density at radius 1 is 1.28 bits per heavy atom. The molecule has 4 heteroatoms. The SMILES string of the molecule is C[C@H](N)c1ccnc(OCc2ccc(Br)cc2)c1. The summed E-state index contributed by atoms with van der Waals surface area (Å²) in [5.41, 5.74) is 7.94. The smallest absolute Gasteiger partial charge is 0.213 e. The van der Waals surface area contributed by atoms with Gasteiger partial charge in [-0.1, -0.05) is 28.1 Å². The molecule has 1 aromatic heterocycles. The van der Waals surface area contributed by atoms with Crippen LogP contribution in [0.2, 0.25) is 0 Å². The van der Waals surface area contributed by atoms with Gasteiger partial charge < -0.3 is 10.5 Å². The number of hydrogen-bond donors (Lipinski definition) is 1. The molecule has 0 saturated heterocycles. The minimum atomic E-state index is -0.0111. The highest BCUT2D eigenvalue weighted by Gasteiger charge is 2.02. The van der Waals surface area contributed by atoms with Crippen molar-refractivity contribution in [2.75, 3.05) is 0 Å². The van der Waals surface area contributed by atoms with Crippen molar-refractivity contribution >= 4 is 15.9 Å². The summed E-state index contributed by atoms with van der Waals surface area (Å²) in [6, 6.07) is 11.8. The lowest BCUT2D eigenvalue weighted by molar-refractivity contribution is 0.293. The summed E-state index contributed by atoms with van der Waals surface area (Å²) in [7, 11) is 0. The average Bonchev–Trinajstić information content (AvgIpc) is 2.38. The summed E-state index contributed by atoms with van der Waals surface area (Å²) in [4.78, 5) is 4.17. The Labute approximate surface area is 115 Å². The quantitative estimate of drug-likeness (QED) is 0.941. The Kier molecular flexibility index (Phi) is 4.33. The lowest BCUT2D eigenvalue weighted by Crippen LogP contribution is -2.06. The van der Waals surface area contributed by atoms with Gasteiger partial charge in [0.2, 0.25) is 5.88 Å². The van der Waals surface area contributed by atoms with E-state index in [9.17, 15) is 0 Å². The largest absolute Gasteiger partial charge is 0.473 e. The van der Waals surface area contributed by atoms with Gasteiger partial charge in [-0.05, 0) is 36.2 Å². The lowest BCUT2D eigenvalue weighted by Gasteiger charge is -2.09. The zero-order valence-electron chi connectivity index (χ0n) is 10.1. The van der Waals surface area contributed by atoms with E-state index in [1.165, 1.54) is 0 Å². The van der Waals surface area contributed by atoms with Crippen LogP contribution in [0.1, 0.15) is 24.1 Å². The highest BCUT2D eigenvalue weighted by atomic mass is 79.9. The maximum Gasteiger partial charge on any atom is 0.213 e. The molecule has 2 aromatic rings. The lowest BCUT2D eigenvalue weighted by atomic mass is 10.1. The van der Waals surface area contributed by atoms with Crippen LogP contribution in [0.25, 0.3) is 0 Å². The standard InChI is InChI=1S/C14H15BrN2O/c1-10(16)12-6-7-17-14(8-12)18-9-11-2-4-13(15)5-3-11/h2-8,10H,9,16H2,1H3/t10-/m0/s1. The van der Waals surface area contributed by atoms with Gasteiger partial charge in [-0.25, -0.2) is 4.98 Å². The molecule has 1 heterocycles. The molecule has 2 rings (SSSR count). The molecule has 0 fully saturated rings. The molecule has 0 amide bonds. The number of pyridine rings is 1. The van der Waals surface area contributed by atoms with Gasteiger partial charge in [0.05, 0.1) is 0 Å². The van der Waals surface area contributed by atoms with Crippen LogP contribution in [0.15, 0.2) is 47.1 Å². The third kappa shape index (κ3) is 3.55. The van der Waals surface area contributed by atoms with Crippen molar-refractivity contribution in [3.8, 4) is 5.88 Å². The van der Waals surface area contributed by atoms with Gasteiger partial charge >= 0.3 is 0 Å². The first-order valence-electron chi connectivity index (χ1n) is 5.74. The molecule has 18 heavy (non-hydrogen) atoms. The predicted molar refractivity (Wildman–Crippen MR) is 75.3 cm³/mol. The third-order valence-corrected chi connectivity index (χ3v) is 3.11. The third-order valence-electron chi connectivity index (χ3n) is 2.58. The molecule has 0 aliphatic heterocycles. The average molecular weight is 307 g/mol. The Balaban J connectivity index is 2.01. The number of aromatic nitrogens is 1. The summed E-state index contributed by atoms with van der Waals surface area (Å²) in [5.74, 6) is 0.604. The van der Waals surface area contributed by atoms with E-state index in [0.29, 0.717) is 12.5 Å².